The van der Waals surface area contributed by atoms with Crippen LogP contribution in [-0.2, 0) is 4.57 Å². The molecule has 0 aliphatic heterocycles. The van der Waals surface area contributed by atoms with E-state index in [1.165, 1.54) is 0 Å². The second-order valence-electron chi connectivity index (χ2n) is 0.473. The second kappa shape index (κ2) is 4.89. The summed E-state index contributed by atoms with van der Waals surface area (Å²) in [5.74, 6) is 0. The maximum atomic E-state index is 10.4. The van der Waals surface area contributed by atoms with E-state index in [0.29, 0.717) is 0 Å². The van der Waals surface area contributed by atoms with Gasteiger partial charge in [-0.05, 0) is 0 Å². The molecule has 3 nitrogen and oxygen atoms in total. The largest absolute Gasteiger partial charge is 1.00 e. The summed E-state index contributed by atoms with van der Waals surface area (Å²) in [6.07, 6.45) is 0. The molecule has 7 heteroatoms. The van der Waals surface area contributed by atoms with Crippen LogP contribution in [0.25, 0.3) is 0 Å². The van der Waals surface area contributed by atoms with E-state index in [9.17, 15) is 4.20 Å². The third-order valence-corrected chi connectivity index (χ3v) is 0. The Morgan fingerprint density at radius 2 is 1.57 bits per heavy atom. The van der Waals surface area contributed by atoms with E-state index in [2.05, 4.69) is 0 Å². The Hall–Kier alpha value is 0.742. The summed E-state index contributed by atoms with van der Waals surface area (Å²) in [4.78, 5) is 13.9. The minimum Gasteiger partial charge on any atom is -1.00 e. The summed E-state index contributed by atoms with van der Waals surface area (Å²) < 4.78 is 19.0. The van der Waals surface area contributed by atoms with E-state index in [0.717, 1.165) is 0 Å². The van der Waals surface area contributed by atoms with Crippen LogP contribution in [0.2, 0.25) is 0 Å². The standard InChI is InChI=1S/B.FH2O3P.Li.H/c;1-5(2,3)4;;/h;(H2,2,3,4);;/q;;+1;-1. The van der Waals surface area contributed by atoms with Gasteiger partial charge in [-0.15, -0.1) is 4.20 Å². The molecule has 0 heterocycles. The van der Waals surface area contributed by atoms with Crippen LogP contribution in [0, 0.1) is 0 Å². The van der Waals surface area contributed by atoms with Crippen LogP contribution in [0.15, 0.2) is 0 Å². The third-order valence-electron chi connectivity index (χ3n) is 0. The summed E-state index contributed by atoms with van der Waals surface area (Å²) in [5, 5.41) is 0. The molecule has 3 radical (unpaired) electrons. The fraction of sp³-hybridized carbons (Fsp3) is 0. The van der Waals surface area contributed by atoms with Gasteiger partial charge < -0.3 is 1.43 Å². The Bertz CT molecular complexity index is 65.4. The zero-order valence-corrected chi connectivity index (χ0v) is 4.60. The first-order chi connectivity index (χ1) is 2.00. The van der Waals surface area contributed by atoms with E-state index in [-0.39, 0.29) is 28.7 Å². The van der Waals surface area contributed by atoms with Crippen molar-refractivity contribution < 1.29 is 38.8 Å². The number of hydrogen-bond acceptors (Lipinski definition) is 1. The molecule has 0 aromatic heterocycles. The molecule has 2 N–H and O–H groups in total. The van der Waals surface area contributed by atoms with Crippen molar-refractivity contribution in [3.8, 4) is 0 Å². The number of halogens is 1. The van der Waals surface area contributed by atoms with Gasteiger partial charge in [0.2, 0.25) is 0 Å². The van der Waals surface area contributed by atoms with Gasteiger partial charge in [0.15, 0.2) is 0 Å². The number of hydrogen-bond donors (Lipinski definition) is 2. The molecule has 0 atom stereocenters. The van der Waals surface area contributed by atoms with Crippen LogP contribution in [0.5, 0.6) is 0 Å². The van der Waals surface area contributed by atoms with Crippen molar-refractivity contribution in [3.63, 3.8) is 0 Å². The fourth-order valence-electron chi connectivity index (χ4n) is 0. The van der Waals surface area contributed by atoms with Crippen LogP contribution in [-0.4, -0.2) is 18.2 Å². The van der Waals surface area contributed by atoms with Crippen molar-refractivity contribution in [2.24, 2.45) is 0 Å². The molecule has 0 aromatic carbocycles. The average Bonchev–Trinajstić information content (AvgIpc) is 0.722. The smallest absolute Gasteiger partial charge is 1.00 e. The molecule has 0 unspecified atom stereocenters. The number of rotatable bonds is 0. The van der Waals surface area contributed by atoms with E-state index in [1.807, 2.05) is 0 Å². The molecule has 0 rings (SSSR count). The van der Waals surface area contributed by atoms with Gasteiger partial charge in [-0.25, -0.2) is 4.57 Å². The molecule has 0 bridgehead atoms. The van der Waals surface area contributed by atoms with E-state index in [4.69, 9.17) is 14.4 Å². The van der Waals surface area contributed by atoms with Crippen molar-refractivity contribution in [3.05, 3.63) is 0 Å². The quantitative estimate of drug-likeness (QED) is 0.260. The molecule has 0 aliphatic rings. The van der Waals surface area contributed by atoms with Gasteiger partial charge in [0, 0.05) is 8.41 Å². The molecule has 0 saturated carbocycles. The third kappa shape index (κ3) is 275. The van der Waals surface area contributed by atoms with E-state index in [1.54, 1.807) is 0 Å². The Morgan fingerprint density at radius 3 is 1.57 bits per heavy atom. The summed E-state index contributed by atoms with van der Waals surface area (Å²) in [7, 11) is -5.14. The topological polar surface area (TPSA) is 57.5 Å². The molecule has 0 fully saturated rings. The van der Waals surface area contributed by atoms with Crippen LogP contribution < -0.4 is 18.9 Å². The molecule has 0 saturated heterocycles. The molecule has 7 heavy (non-hydrogen) atoms. The van der Waals surface area contributed by atoms with Gasteiger partial charge >= 0.3 is 26.8 Å². The normalized spacial score (nSPS) is 8.43. The van der Waals surface area contributed by atoms with Gasteiger partial charge in [0.05, 0.1) is 0 Å². The van der Waals surface area contributed by atoms with Crippen molar-refractivity contribution in [2.45, 2.75) is 0 Å². The SMILES string of the molecule is O=P(O)(O)F.[B].[H-].[Li+]. The summed E-state index contributed by atoms with van der Waals surface area (Å²) >= 11 is 0. The second-order valence-corrected chi connectivity index (χ2v) is 1.42. The van der Waals surface area contributed by atoms with Crippen molar-refractivity contribution in [1.82, 2.24) is 0 Å². The first kappa shape index (κ1) is 15.6. The minimum atomic E-state index is -5.14. The maximum absolute atomic E-state index is 10.4. The molecule has 0 aliphatic carbocycles. The maximum Gasteiger partial charge on any atom is 1.00 e. The predicted molar refractivity (Wildman–Crippen MR) is 20.0 cm³/mol. The summed E-state index contributed by atoms with van der Waals surface area (Å²) in [6, 6.07) is 0. The van der Waals surface area contributed by atoms with Gasteiger partial charge in [0.25, 0.3) is 0 Å². The van der Waals surface area contributed by atoms with Gasteiger partial charge in [0.1, 0.15) is 0 Å². The van der Waals surface area contributed by atoms with Crippen molar-refractivity contribution >= 4 is 16.3 Å². The van der Waals surface area contributed by atoms with E-state index >= 15 is 0 Å². The van der Waals surface area contributed by atoms with Crippen LogP contribution in [0.1, 0.15) is 1.43 Å². The Balaban J connectivity index is -0.0000000267. The molecule has 0 aromatic rings. The minimum absolute atomic E-state index is 0. The van der Waals surface area contributed by atoms with Crippen molar-refractivity contribution in [2.75, 3.05) is 0 Å². The molecular weight excluding hydrogens is 116 g/mol. The van der Waals surface area contributed by atoms with Crippen LogP contribution in [0.3, 0.4) is 0 Å². The zero-order valence-electron chi connectivity index (χ0n) is 4.71. The van der Waals surface area contributed by atoms with E-state index < -0.39 is 7.91 Å². The zero-order chi connectivity index (χ0) is 4.50. The predicted octanol–water partition coefficient (Wildman–Crippen LogP) is -3.22. The van der Waals surface area contributed by atoms with Gasteiger partial charge in [-0.1, -0.05) is 0 Å². The first-order valence-electron chi connectivity index (χ1n) is 0.752. The fourth-order valence-corrected chi connectivity index (χ4v) is 0. The molecule has 0 amide bonds. The first-order valence-corrected chi connectivity index (χ1v) is 2.25. The summed E-state index contributed by atoms with van der Waals surface area (Å²) in [5.41, 5.74) is 0. The monoisotopic (exact) mass is 119 g/mol. The summed E-state index contributed by atoms with van der Waals surface area (Å²) in [6.45, 7) is 0. The Morgan fingerprint density at radius 1 is 1.57 bits per heavy atom. The van der Waals surface area contributed by atoms with Crippen molar-refractivity contribution in [1.29, 1.82) is 0 Å². The van der Waals surface area contributed by atoms with Crippen LogP contribution >= 0.6 is 7.91 Å². The molecule has 0 spiro atoms. The van der Waals surface area contributed by atoms with Gasteiger partial charge in [-0.2, -0.15) is 0 Å². The Kier molecular flexibility index (Phi) is 10.9. The van der Waals surface area contributed by atoms with Crippen LogP contribution in [0.4, 0.5) is 4.20 Å². The molecule has 37 valence electrons. The Labute approximate surface area is 55.8 Å². The molecular formula is H3BFLiO3P. The van der Waals surface area contributed by atoms with Gasteiger partial charge in [-0.3, -0.25) is 9.79 Å². The average molecular weight is 119 g/mol.